The molecule has 2 unspecified atom stereocenters. The molecule has 4 atom stereocenters. The van der Waals surface area contributed by atoms with Crippen molar-refractivity contribution >= 4 is 11.7 Å². The van der Waals surface area contributed by atoms with E-state index in [2.05, 4.69) is 4.98 Å². The molecule has 5 rings (SSSR count). The van der Waals surface area contributed by atoms with Crippen molar-refractivity contribution < 1.29 is 18.7 Å². The summed E-state index contributed by atoms with van der Waals surface area (Å²) in [5.41, 5.74) is -0.158. The smallest absolute Gasteiger partial charge is 0.226 e. The number of ether oxygens (including phenoxy) is 2. The van der Waals surface area contributed by atoms with Crippen molar-refractivity contribution in [1.29, 1.82) is 0 Å². The highest BCUT2D eigenvalue weighted by Gasteiger charge is 2.59. The third kappa shape index (κ3) is 3.10. The number of hydrogen-bond donors (Lipinski definition) is 0. The second kappa shape index (κ2) is 6.71. The van der Waals surface area contributed by atoms with Crippen LogP contribution >= 0.6 is 0 Å². The van der Waals surface area contributed by atoms with E-state index in [1.54, 1.807) is 12.3 Å². The summed E-state index contributed by atoms with van der Waals surface area (Å²) >= 11 is 0. The van der Waals surface area contributed by atoms with Crippen LogP contribution in [0, 0.1) is 29.0 Å². The number of rotatable bonds is 2. The highest BCUT2D eigenvalue weighted by molar-refractivity contribution is 5.82. The van der Waals surface area contributed by atoms with E-state index in [1.807, 2.05) is 9.80 Å². The summed E-state index contributed by atoms with van der Waals surface area (Å²) in [5, 5.41) is 0. The molecule has 4 fully saturated rings. The molecular formula is C20H26FN3O3. The molecule has 4 aliphatic rings. The molecule has 1 aromatic rings. The molecule has 3 saturated heterocycles. The number of hydrogen-bond acceptors (Lipinski definition) is 5. The maximum atomic E-state index is 14.3. The van der Waals surface area contributed by atoms with Gasteiger partial charge in [-0.2, -0.15) is 0 Å². The zero-order valence-corrected chi connectivity index (χ0v) is 15.5. The highest BCUT2D eigenvalue weighted by atomic mass is 19.1. The number of carbonyl (C=O) groups is 1. The van der Waals surface area contributed by atoms with Crippen molar-refractivity contribution in [2.75, 3.05) is 57.5 Å². The van der Waals surface area contributed by atoms with E-state index in [0.29, 0.717) is 50.5 Å². The van der Waals surface area contributed by atoms with Gasteiger partial charge in [0.25, 0.3) is 0 Å². The molecule has 6 nitrogen and oxygen atoms in total. The normalized spacial score (nSPS) is 35.8. The Morgan fingerprint density at radius 2 is 2.07 bits per heavy atom. The first-order chi connectivity index (χ1) is 13.2. The summed E-state index contributed by atoms with van der Waals surface area (Å²) in [6, 6.07) is 3.06. The van der Waals surface area contributed by atoms with Crippen molar-refractivity contribution in [3.05, 3.63) is 24.1 Å². The van der Waals surface area contributed by atoms with Gasteiger partial charge < -0.3 is 19.3 Å². The fourth-order valence-corrected chi connectivity index (χ4v) is 5.24. The van der Waals surface area contributed by atoms with Gasteiger partial charge in [-0.05, 0) is 36.8 Å². The first-order valence-electron chi connectivity index (χ1n) is 9.97. The van der Waals surface area contributed by atoms with Gasteiger partial charge in [0, 0.05) is 43.7 Å². The van der Waals surface area contributed by atoms with Gasteiger partial charge in [-0.1, -0.05) is 0 Å². The molecule has 4 heterocycles. The number of fused-ring (bicyclic) bond motifs is 1. The topological polar surface area (TPSA) is 54.9 Å². The van der Waals surface area contributed by atoms with Gasteiger partial charge >= 0.3 is 0 Å². The van der Waals surface area contributed by atoms with Crippen LogP contribution in [-0.4, -0.2) is 68.4 Å². The van der Waals surface area contributed by atoms with Crippen LogP contribution in [0.2, 0.25) is 0 Å². The van der Waals surface area contributed by atoms with Crippen molar-refractivity contribution in [2.24, 2.45) is 23.2 Å². The Balaban J connectivity index is 1.33. The Morgan fingerprint density at radius 1 is 1.22 bits per heavy atom. The van der Waals surface area contributed by atoms with E-state index in [-0.39, 0.29) is 23.1 Å². The second-order valence-corrected chi connectivity index (χ2v) is 8.54. The van der Waals surface area contributed by atoms with Gasteiger partial charge in [-0.15, -0.1) is 0 Å². The number of aromatic nitrogens is 1. The molecule has 0 radical (unpaired) electrons. The molecule has 1 spiro atoms. The fourth-order valence-electron chi connectivity index (χ4n) is 5.24. The molecule has 27 heavy (non-hydrogen) atoms. The standard InChI is InChI=1S/C20H26FN3O3/c21-16-3-1-5-22-18(16)23-7-8-26-13-20(11-23)4-2-6-24(12-20)19(25)17-14-9-27-10-15(14)17/h1,3,5,14-15,17H,2,4,6-13H2/t14-,15+,17?,20?. The molecule has 1 amide bonds. The third-order valence-electron chi connectivity index (χ3n) is 6.69. The van der Waals surface area contributed by atoms with Crippen LogP contribution < -0.4 is 4.90 Å². The van der Waals surface area contributed by atoms with Gasteiger partial charge in [-0.3, -0.25) is 4.79 Å². The number of piperidine rings is 1. The molecule has 0 bridgehead atoms. The van der Waals surface area contributed by atoms with Crippen LogP contribution in [0.25, 0.3) is 0 Å². The predicted octanol–water partition coefficient (Wildman–Crippen LogP) is 1.56. The SMILES string of the molecule is O=C(C1[C@H]2COC[C@@H]12)N1CCCC2(COCCN(c3ncccc3F)C2)C1. The largest absolute Gasteiger partial charge is 0.381 e. The Hall–Kier alpha value is -1.73. The third-order valence-corrected chi connectivity index (χ3v) is 6.69. The van der Waals surface area contributed by atoms with Gasteiger partial charge in [0.15, 0.2) is 11.6 Å². The van der Waals surface area contributed by atoms with Gasteiger partial charge in [0.2, 0.25) is 5.91 Å². The average Bonchev–Trinajstić information content (AvgIpc) is 3.24. The predicted molar refractivity (Wildman–Crippen MR) is 96.8 cm³/mol. The first-order valence-corrected chi connectivity index (χ1v) is 9.97. The van der Waals surface area contributed by atoms with Crippen molar-refractivity contribution in [1.82, 2.24) is 9.88 Å². The van der Waals surface area contributed by atoms with Crippen molar-refractivity contribution in [3.63, 3.8) is 0 Å². The van der Waals surface area contributed by atoms with Crippen LogP contribution in [0.5, 0.6) is 0 Å². The summed E-state index contributed by atoms with van der Waals surface area (Å²) < 4.78 is 25.6. The van der Waals surface area contributed by atoms with Crippen LogP contribution in [0.1, 0.15) is 12.8 Å². The summed E-state index contributed by atoms with van der Waals surface area (Å²) in [7, 11) is 0. The van der Waals surface area contributed by atoms with Crippen molar-refractivity contribution in [3.8, 4) is 0 Å². The molecule has 0 N–H and O–H groups in total. The lowest BCUT2D eigenvalue weighted by molar-refractivity contribution is -0.138. The minimum absolute atomic E-state index is 0.157. The lowest BCUT2D eigenvalue weighted by atomic mass is 9.80. The van der Waals surface area contributed by atoms with Crippen molar-refractivity contribution in [2.45, 2.75) is 12.8 Å². The maximum Gasteiger partial charge on any atom is 0.226 e. The van der Waals surface area contributed by atoms with E-state index < -0.39 is 0 Å². The molecule has 1 saturated carbocycles. The zero-order chi connectivity index (χ0) is 18.4. The Morgan fingerprint density at radius 3 is 2.89 bits per heavy atom. The van der Waals surface area contributed by atoms with E-state index in [9.17, 15) is 9.18 Å². The Labute approximate surface area is 158 Å². The summed E-state index contributed by atoms with van der Waals surface area (Å²) in [6.07, 6.45) is 3.58. The summed E-state index contributed by atoms with van der Waals surface area (Å²) in [5.74, 6) is 1.39. The molecule has 0 aromatic carbocycles. The van der Waals surface area contributed by atoms with Crippen LogP contribution in [0.3, 0.4) is 0 Å². The fraction of sp³-hybridized carbons (Fsp3) is 0.700. The minimum atomic E-state index is -0.302. The van der Waals surface area contributed by atoms with E-state index in [0.717, 1.165) is 32.6 Å². The van der Waals surface area contributed by atoms with Gasteiger partial charge in [0.1, 0.15) is 0 Å². The van der Waals surface area contributed by atoms with Crippen LogP contribution in [-0.2, 0) is 14.3 Å². The summed E-state index contributed by atoms with van der Waals surface area (Å²) in [4.78, 5) is 21.3. The van der Waals surface area contributed by atoms with E-state index in [4.69, 9.17) is 9.47 Å². The number of carbonyl (C=O) groups excluding carboxylic acids is 1. The van der Waals surface area contributed by atoms with Gasteiger partial charge in [0.05, 0.1) is 26.4 Å². The molecule has 7 heteroatoms. The van der Waals surface area contributed by atoms with Gasteiger partial charge in [-0.25, -0.2) is 9.37 Å². The minimum Gasteiger partial charge on any atom is -0.381 e. The molecule has 146 valence electrons. The first kappa shape index (κ1) is 17.4. The number of nitrogens with zero attached hydrogens (tertiary/aromatic N) is 3. The maximum absolute atomic E-state index is 14.3. The average molecular weight is 375 g/mol. The van der Waals surface area contributed by atoms with E-state index in [1.165, 1.54) is 6.07 Å². The number of pyridine rings is 1. The quantitative estimate of drug-likeness (QED) is 0.785. The highest BCUT2D eigenvalue weighted by Crippen LogP contribution is 2.52. The zero-order valence-electron chi connectivity index (χ0n) is 15.5. The summed E-state index contributed by atoms with van der Waals surface area (Å²) in [6.45, 7) is 5.42. The lowest BCUT2D eigenvalue weighted by Gasteiger charge is -2.44. The molecular weight excluding hydrogens is 349 g/mol. The second-order valence-electron chi connectivity index (χ2n) is 8.54. The Kier molecular flexibility index (Phi) is 4.31. The lowest BCUT2D eigenvalue weighted by Crippen LogP contribution is -2.53. The molecule has 1 aliphatic carbocycles. The number of halogens is 1. The Bertz CT molecular complexity index is 722. The number of anilines is 1. The monoisotopic (exact) mass is 375 g/mol. The molecule has 1 aromatic heterocycles. The molecule has 3 aliphatic heterocycles. The van der Waals surface area contributed by atoms with Crippen LogP contribution in [0.4, 0.5) is 10.2 Å². The number of likely N-dealkylation sites (tertiary alicyclic amines) is 1. The van der Waals surface area contributed by atoms with E-state index >= 15 is 0 Å². The van der Waals surface area contributed by atoms with Crippen LogP contribution in [0.15, 0.2) is 18.3 Å². The number of amides is 1.